The molecule has 3 aromatic rings. The van der Waals surface area contributed by atoms with Gasteiger partial charge in [-0.15, -0.1) is 0 Å². The van der Waals surface area contributed by atoms with Gasteiger partial charge in [0.1, 0.15) is 12.1 Å². The molecule has 0 aliphatic heterocycles. The van der Waals surface area contributed by atoms with Gasteiger partial charge in [0.15, 0.2) is 0 Å². The maximum Gasteiger partial charge on any atom is 0.272 e. The highest BCUT2D eigenvalue weighted by Gasteiger charge is 2.14. The Morgan fingerprint density at radius 2 is 1.96 bits per heavy atom. The fraction of sp³-hybridized carbons (Fsp3) is 0.235. The van der Waals surface area contributed by atoms with Crippen molar-refractivity contribution in [3.63, 3.8) is 0 Å². The van der Waals surface area contributed by atoms with Crippen LogP contribution in [0.15, 0.2) is 30.6 Å². The Hall–Kier alpha value is -3.36. The molecule has 2 aromatic heterocycles. The number of hydrogen-bond acceptors (Lipinski definition) is 5. The molecule has 3 rings (SSSR count). The highest BCUT2D eigenvalue weighted by Crippen LogP contribution is 2.14. The van der Waals surface area contributed by atoms with Crippen molar-refractivity contribution in [3.8, 4) is 0 Å². The number of nitrogens with zero attached hydrogens (tertiary/aromatic N) is 4. The normalized spacial score (nSPS) is 10.7. The number of aromatic nitrogens is 4. The molecule has 0 saturated carbocycles. The molecular formula is C17H17FN6O2. The van der Waals surface area contributed by atoms with Crippen LogP contribution in [0.2, 0.25) is 0 Å². The predicted octanol–water partition coefficient (Wildman–Crippen LogP) is 1.27. The van der Waals surface area contributed by atoms with E-state index in [4.69, 9.17) is 0 Å². The molecule has 2 heterocycles. The van der Waals surface area contributed by atoms with Crippen LogP contribution in [0.3, 0.4) is 0 Å². The zero-order chi connectivity index (χ0) is 18.7. The van der Waals surface area contributed by atoms with Crippen LogP contribution in [0, 0.1) is 19.7 Å². The summed E-state index contributed by atoms with van der Waals surface area (Å²) in [5.74, 6) is -1.26. The maximum atomic E-state index is 13.5. The number of hydrazine groups is 1. The molecule has 0 unspecified atom stereocenters. The van der Waals surface area contributed by atoms with E-state index in [0.29, 0.717) is 12.2 Å². The third-order valence-corrected chi connectivity index (χ3v) is 4.02. The molecule has 0 saturated heterocycles. The summed E-state index contributed by atoms with van der Waals surface area (Å²) in [5, 5.41) is 4.10. The molecule has 2 N–H and O–H groups in total. The van der Waals surface area contributed by atoms with Gasteiger partial charge in [-0.05, 0) is 38.0 Å². The zero-order valence-corrected chi connectivity index (χ0v) is 14.3. The first kappa shape index (κ1) is 17.5. The summed E-state index contributed by atoms with van der Waals surface area (Å²) in [6.07, 6.45) is 1.96. The molecular weight excluding hydrogens is 339 g/mol. The Balaban J connectivity index is 1.59. The van der Waals surface area contributed by atoms with Gasteiger partial charge in [-0.25, -0.2) is 13.9 Å². The van der Waals surface area contributed by atoms with Gasteiger partial charge in [0.05, 0.1) is 5.56 Å². The Bertz CT molecular complexity index is 985. The topological polar surface area (TPSA) is 101 Å². The van der Waals surface area contributed by atoms with Crippen LogP contribution in [-0.4, -0.2) is 31.4 Å². The molecule has 26 heavy (non-hydrogen) atoms. The average Bonchev–Trinajstić information content (AvgIpc) is 3.08. The van der Waals surface area contributed by atoms with Gasteiger partial charge in [0.25, 0.3) is 11.7 Å². The molecule has 0 aliphatic rings. The van der Waals surface area contributed by atoms with Crippen LogP contribution in [0.25, 0.3) is 5.78 Å². The first-order valence-corrected chi connectivity index (χ1v) is 7.97. The van der Waals surface area contributed by atoms with E-state index in [-0.39, 0.29) is 12.0 Å². The molecule has 0 radical (unpaired) electrons. The van der Waals surface area contributed by atoms with E-state index in [2.05, 4.69) is 25.9 Å². The van der Waals surface area contributed by atoms with Crippen molar-refractivity contribution >= 4 is 17.6 Å². The molecule has 1 aromatic carbocycles. The fourth-order valence-electron chi connectivity index (χ4n) is 2.66. The largest absolute Gasteiger partial charge is 0.273 e. The number of halogens is 1. The lowest BCUT2D eigenvalue weighted by Crippen LogP contribution is -2.42. The number of carbonyl (C=O) groups is 2. The molecule has 9 heteroatoms. The van der Waals surface area contributed by atoms with Crippen LogP contribution in [0.5, 0.6) is 0 Å². The summed E-state index contributed by atoms with van der Waals surface area (Å²) < 4.78 is 15.1. The number of aryl methyl sites for hydroxylation is 2. The molecule has 8 nitrogen and oxygen atoms in total. The first-order chi connectivity index (χ1) is 12.5. The van der Waals surface area contributed by atoms with Gasteiger partial charge in [0, 0.05) is 17.8 Å². The third kappa shape index (κ3) is 3.51. The smallest absolute Gasteiger partial charge is 0.272 e. The highest BCUT2D eigenvalue weighted by atomic mass is 19.1. The summed E-state index contributed by atoms with van der Waals surface area (Å²) in [4.78, 5) is 32.3. The average molecular weight is 356 g/mol. The van der Waals surface area contributed by atoms with Gasteiger partial charge in [-0.3, -0.25) is 20.4 Å². The van der Waals surface area contributed by atoms with Crippen molar-refractivity contribution in [3.05, 3.63) is 58.9 Å². The molecule has 0 spiro atoms. The summed E-state index contributed by atoms with van der Waals surface area (Å²) in [5.41, 5.74) is 6.87. The SMILES string of the molecule is Cc1nc2ncnn2c(C)c1CCC(=O)NNC(=O)c1ccccc1F. The number of carbonyl (C=O) groups excluding carboxylic acids is 2. The van der Waals surface area contributed by atoms with Gasteiger partial charge in [-0.1, -0.05) is 12.1 Å². The Labute approximate surface area is 148 Å². The summed E-state index contributed by atoms with van der Waals surface area (Å²) in [7, 11) is 0. The van der Waals surface area contributed by atoms with Gasteiger partial charge >= 0.3 is 0 Å². The molecule has 134 valence electrons. The van der Waals surface area contributed by atoms with E-state index < -0.39 is 17.6 Å². The third-order valence-electron chi connectivity index (χ3n) is 4.02. The van der Waals surface area contributed by atoms with Crippen molar-refractivity contribution in [2.24, 2.45) is 0 Å². The lowest BCUT2D eigenvalue weighted by atomic mass is 10.1. The van der Waals surface area contributed by atoms with Crippen molar-refractivity contribution in [2.75, 3.05) is 0 Å². The standard InChI is InChI=1S/C17H17FN6O2/c1-10-12(11(2)24-17(21-10)19-9-20-24)7-8-15(25)22-23-16(26)13-5-3-4-6-14(13)18/h3-6,9H,7-8H2,1-2H3,(H,22,25)(H,23,26). The minimum absolute atomic E-state index is 0.126. The summed E-state index contributed by atoms with van der Waals surface area (Å²) in [6, 6.07) is 5.53. The molecule has 0 atom stereocenters. The van der Waals surface area contributed by atoms with E-state index in [1.807, 2.05) is 13.8 Å². The van der Waals surface area contributed by atoms with Crippen molar-refractivity contribution in [1.29, 1.82) is 0 Å². The predicted molar refractivity (Wildman–Crippen MR) is 90.6 cm³/mol. The highest BCUT2D eigenvalue weighted by molar-refractivity contribution is 5.95. The monoisotopic (exact) mass is 356 g/mol. The molecule has 0 bridgehead atoms. The van der Waals surface area contributed by atoms with Crippen LogP contribution in [0.4, 0.5) is 4.39 Å². The van der Waals surface area contributed by atoms with Gasteiger partial charge in [0.2, 0.25) is 5.91 Å². The lowest BCUT2D eigenvalue weighted by molar-refractivity contribution is -0.121. The zero-order valence-electron chi connectivity index (χ0n) is 14.3. The second-order valence-electron chi connectivity index (χ2n) is 5.72. The van der Waals surface area contributed by atoms with Gasteiger partial charge < -0.3 is 0 Å². The number of hydrogen-bond donors (Lipinski definition) is 2. The van der Waals surface area contributed by atoms with Crippen molar-refractivity contribution < 1.29 is 14.0 Å². The van der Waals surface area contributed by atoms with Crippen molar-refractivity contribution in [1.82, 2.24) is 30.4 Å². The van der Waals surface area contributed by atoms with Crippen LogP contribution < -0.4 is 10.9 Å². The minimum atomic E-state index is -0.713. The molecule has 2 amide bonds. The number of amides is 2. The van der Waals surface area contributed by atoms with E-state index >= 15 is 0 Å². The number of benzene rings is 1. The Kier molecular flexibility index (Phi) is 4.87. The quantitative estimate of drug-likeness (QED) is 0.686. The maximum absolute atomic E-state index is 13.5. The van der Waals surface area contributed by atoms with Gasteiger partial charge in [-0.2, -0.15) is 10.1 Å². The van der Waals surface area contributed by atoms with Crippen LogP contribution in [0.1, 0.15) is 33.7 Å². The minimum Gasteiger partial charge on any atom is -0.273 e. The molecule has 0 aliphatic carbocycles. The molecule has 0 fully saturated rings. The van der Waals surface area contributed by atoms with E-state index in [1.165, 1.54) is 24.5 Å². The summed E-state index contributed by atoms with van der Waals surface area (Å²) in [6.45, 7) is 3.72. The lowest BCUT2D eigenvalue weighted by Gasteiger charge is -2.11. The second-order valence-corrected chi connectivity index (χ2v) is 5.72. The van der Waals surface area contributed by atoms with Crippen LogP contribution in [-0.2, 0) is 11.2 Å². The Morgan fingerprint density at radius 3 is 2.73 bits per heavy atom. The van der Waals surface area contributed by atoms with E-state index in [0.717, 1.165) is 17.0 Å². The second kappa shape index (κ2) is 7.26. The number of fused-ring (bicyclic) bond motifs is 1. The van der Waals surface area contributed by atoms with Crippen molar-refractivity contribution in [2.45, 2.75) is 26.7 Å². The van der Waals surface area contributed by atoms with E-state index in [9.17, 15) is 14.0 Å². The first-order valence-electron chi connectivity index (χ1n) is 7.97. The summed E-state index contributed by atoms with van der Waals surface area (Å²) >= 11 is 0. The number of rotatable bonds is 4. The van der Waals surface area contributed by atoms with E-state index in [1.54, 1.807) is 10.6 Å². The number of nitrogens with one attached hydrogen (secondary N) is 2. The Morgan fingerprint density at radius 1 is 1.19 bits per heavy atom. The fourth-order valence-corrected chi connectivity index (χ4v) is 2.66. The van der Waals surface area contributed by atoms with Crippen LogP contribution >= 0.6 is 0 Å².